The van der Waals surface area contributed by atoms with E-state index in [4.69, 9.17) is 43.5 Å². The Morgan fingerprint density at radius 3 is 2.41 bits per heavy atom. The molecule has 2 aromatic carbocycles. The molecule has 29 heavy (non-hydrogen) atoms. The van der Waals surface area contributed by atoms with Gasteiger partial charge in [-0.05, 0) is 42.8 Å². The summed E-state index contributed by atoms with van der Waals surface area (Å²) in [5.41, 5.74) is 8.26. The third-order valence-corrected chi connectivity index (χ3v) is 6.85. The number of nitrogens with zero attached hydrogens (tertiary/aromatic N) is 2. The zero-order valence-corrected chi connectivity index (χ0v) is 19.8. The minimum atomic E-state index is -1.11. The molecule has 0 aliphatic carbocycles. The van der Waals surface area contributed by atoms with Gasteiger partial charge in [0.25, 0.3) is 0 Å². The predicted octanol–water partition coefficient (Wildman–Crippen LogP) is 6.59. The van der Waals surface area contributed by atoms with Crippen LogP contribution in [0.5, 0.6) is 11.5 Å². The molecule has 0 spiro atoms. The fourth-order valence-corrected chi connectivity index (χ4v) is 4.31. The maximum atomic E-state index is 6.25. The minimum Gasteiger partial charge on any atom is -0.454 e. The van der Waals surface area contributed by atoms with Gasteiger partial charge in [-0.3, -0.25) is 0 Å². The lowest BCUT2D eigenvalue weighted by molar-refractivity contribution is 0.0814. The van der Waals surface area contributed by atoms with Crippen molar-refractivity contribution in [3.63, 3.8) is 0 Å². The van der Waals surface area contributed by atoms with E-state index in [-0.39, 0.29) is 0 Å². The summed E-state index contributed by atoms with van der Waals surface area (Å²) in [5.74, 6) is 1.03. The number of hydrogen-bond donors (Lipinski definition) is 1. The van der Waals surface area contributed by atoms with Crippen molar-refractivity contribution >= 4 is 47.9 Å². The summed E-state index contributed by atoms with van der Waals surface area (Å²) in [5, 5.41) is 6.49. The molecule has 0 atom stereocenters. The Kier molecular flexibility index (Phi) is 6.78. The first-order chi connectivity index (χ1) is 13.7. The third kappa shape index (κ3) is 5.45. The Hall–Kier alpha value is -1.73. The highest BCUT2D eigenvalue weighted by molar-refractivity contribution is 6.76. The summed E-state index contributed by atoms with van der Waals surface area (Å²) < 4.78 is 13.8. The van der Waals surface area contributed by atoms with Gasteiger partial charge in [0.15, 0.2) is 5.75 Å². The summed E-state index contributed by atoms with van der Waals surface area (Å²) in [6.07, 6.45) is 0.811. The van der Waals surface area contributed by atoms with Crippen LogP contribution in [0.25, 0.3) is 10.9 Å². The number of halogens is 2. The van der Waals surface area contributed by atoms with Crippen LogP contribution in [0.15, 0.2) is 30.3 Å². The summed E-state index contributed by atoms with van der Waals surface area (Å²) in [4.78, 5) is 0. The summed E-state index contributed by atoms with van der Waals surface area (Å²) >= 11 is 12.5. The Labute approximate surface area is 182 Å². The molecule has 1 heterocycles. The normalized spacial score (nSPS) is 11.9. The van der Waals surface area contributed by atoms with Crippen molar-refractivity contribution in [3.05, 3.63) is 46.1 Å². The number of aromatic nitrogens is 2. The summed E-state index contributed by atoms with van der Waals surface area (Å²) in [6.45, 7) is 10.3. The fourth-order valence-electron chi connectivity index (χ4n) is 2.97. The van der Waals surface area contributed by atoms with Crippen LogP contribution < -0.4 is 10.5 Å². The molecule has 3 aromatic rings. The predicted molar refractivity (Wildman–Crippen MR) is 124 cm³/mol. The lowest BCUT2D eigenvalue weighted by Crippen LogP contribution is -2.22. The molecule has 0 bridgehead atoms. The SMILES string of the molecule is CCc1nn(COCC[Si](C)(C)C)c2ccc(Oc3c(Cl)cc(N)cc3Cl)cc12. The second-order valence-electron chi connectivity index (χ2n) is 8.24. The third-order valence-electron chi connectivity index (χ3n) is 4.58. The monoisotopic (exact) mass is 451 g/mol. The van der Waals surface area contributed by atoms with Crippen molar-refractivity contribution < 1.29 is 9.47 Å². The van der Waals surface area contributed by atoms with E-state index in [0.29, 0.717) is 34.0 Å². The molecule has 8 heteroatoms. The molecule has 0 saturated carbocycles. The first-order valence-electron chi connectivity index (χ1n) is 9.67. The Bertz CT molecular complexity index is 992. The van der Waals surface area contributed by atoms with Crippen molar-refractivity contribution in [2.75, 3.05) is 12.3 Å². The van der Waals surface area contributed by atoms with Gasteiger partial charge >= 0.3 is 0 Å². The van der Waals surface area contributed by atoms with Crippen molar-refractivity contribution in [1.82, 2.24) is 9.78 Å². The van der Waals surface area contributed by atoms with E-state index in [1.165, 1.54) is 0 Å². The maximum absolute atomic E-state index is 6.25. The van der Waals surface area contributed by atoms with Gasteiger partial charge in [0.1, 0.15) is 12.5 Å². The van der Waals surface area contributed by atoms with E-state index >= 15 is 0 Å². The number of fused-ring (bicyclic) bond motifs is 1. The summed E-state index contributed by atoms with van der Waals surface area (Å²) in [6, 6.07) is 10.2. The molecule has 156 valence electrons. The van der Waals surface area contributed by atoms with Gasteiger partial charge in [-0.25, -0.2) is 4.68 Å². The molecule has 0 saturated heterocycles. The van der Waals surface area contributed by atoms with E-state index in [9.17, 15) is 0 Å². The number of ether oxygens (including phenoxy) is 2. The lowest BCUT2D eigenvalue weighted by Gasteiger charge is -2.15. The molecule has 0 aliphatic rings. The topological polar surface area (TPSA) is 62.3 Å². The van der Waals surface area contributed by atoms with Gasteiger partial charge in [-0.1, -0.05) is 49.8 Å². The first kappa shape index (κ1) is 22.0. The number of anilines is 1. The largest absolute Gasteiger partial charge is 0.454 e. The van der Waals surface area contributed by atoms with Crippen LogP contribution in [0.4, 0.5) is 5.69 Å². The van der Waals surface area contributed by atoms with Crippen LogP contribution in [0.1, 0.15) is 12.6 Å². The fraction of sp³-hybridized carbons (Fsp3) is 0.381. The van der Waals surface area contributed by atoms with Crippen molar-refractivity contribution in [3.8, 4) is 11.5 Å². The highest BCUT2D eigenvalue weighted by Gasteiger charge is 2.15. The first-order valence-corrected chi connectivity index (χ1v) is 14.1. The van der Waals surface area contributed by atoms with Gasteiger partial charge < -0.3 is 15.2 Å². The average molecular weight is 452 g/mol. The van der Waals surface area contributed by atoms with Crippen LogP contribution in [-0.2, 0) is 17.9 Å². The zero-order valence-electron chi connectivity index (χ0n) is 17.3. The number of aryl methyl sites for hydroxylation is 1. The van der Waals surface area contributed by atoms with Crippen LogP contribution in [0.3, 0.4) is 0 Å². The van der Waals surface area contributed by atoms with E-state index in [2.05, 4.69) is 26.6 Å². The van der Waals surface area contributed by atoms with E-state index in [1.54, 1.807) is 12.1 Å². The molecule has 0 aliphatic heterocycles. The minimum absolute atomic E-state index is 0.373. The van der Waals surface area contributed by atoms with Gasteiger partial charge in [-0.2, -0.15) is 5.10 Å². The smallest absolute Gasteiger partial charge is 0.164 e. The molecule has 5 nitrogen and oxygen atoms in total. The number of benzene rings is 2. The van der Waals surface area contributed by atoms with E-state index in [0.717, 1.165) is 35.7 Å². The standard InChI is InChI=1S/C21H27Cl2N3O2Si/c1-5-19-16-12-15(28-21-17(22)10-14(24)11-18(21)23)6-7-20(16)26(25-19)13-27-8-9-29(2,3)4/h6-7,10-12H,5,8-9,13,24H2,1-4H3. The second-order valence-corrected chi connectivity index (χ2v) is 14.7. The summed E-state index contributed by atoms with van der Waals surface area (Å²) in [7, 11) is -1.11. The average Bonchev–Trinajstić information content (AvgIpc) is 2.98. The van der Waals surface area contributed by atoms with Gasteiger partial charge in [0, 0.05) is 25.8 Å². The Morgan fingerprint density at radius 2 is 1.79 bits per heavy atom. The Balaban J connectivity index is 1.83. The second kappa shape index (κ2) is 8.96. The van der Waals surface area contributed by atoms with Crippen LogP contribution >= 0.6 is 23.2 Å². The molecule has 0 radical (unpaired) electrons. The quantitative estimate of drug-likeness (QED) is 0.238. The van der Waals surface area contributed by atoms with Crippen molar-refractivity contribution in [1.29, 1.82) is 0 Å². The van der Waals surface area contributed by atoms with E-state index in [1.807, 2.05) is 22.9 Å². The Morgan fingerprint density at radius 1 is 1.10 bits per heavy atom. The van der Waals surface area contributed by atoms with Crippen LogP contribution in [-0.4, -0.2) is 24.5 Å². The van der Waals surface area contributed by atoms with Gasteiger partial charge in [0.2, 0.25) is 0 Å². The molecule has 3 rings (SSSR count). The molecule has 2 N–H and O–H groups in total. The van der Waals surface area contributed by atoms with Gasteiger partial charge in [0.05, 0.1) is 21.3 Å². The van der Waals surface area contributed by atoms with Crippen LogP contribution in [0, 0.1) is 0 Å². The van der Waals surface area contributed by atoms with Crippen LogP contribution in [0.2, 0.25) is 35.7 Å². The highest BCUT2D eigenvalue weighted by Crippen LogP contribution is 2.39. The van der Waals surface area contributed by atoms with Crippen molar-refractivity contribution in [2.24, 2.45) is 0 Å². The molecule has 0 fully saturated rings. The number of nitrogens with two attached hydrogens (primary N) is 1. The van der Waals surface area contributed by atoms with Gasteiger partial charge in [-0.15, -0.1) is 0 Å². The maximum Gasteiger partial charge on any atom is 0.164 e. The highest BCUT2D eigenvalue weighted by atomic mass is 35.5. The molecule has 1 aromatic heterocycles. The molecule has 0 amide bonds. The lowest BCUT2D eigenvalue weighted by atomic mass is 10.1. The number of hydrogen-bond acceptors (Lipinski definition) is 4. The zero-order chi connectivity index (χ0) is 21.2. The van der Waals surface area contributed by atoms with E-state index < -0.39 is 8.07 Å². The molecular weight excluding hydrogens is 425 g/mol. The number of rotatable bonds is 8. The molecular formula is C21H27Cl2N3O2Si. The van der Waals surface area contributed by atoms with Crippen molar-refractivity contribution in [2.45, 2.75) is 45.8 Å². The number of nitrogen functional groups attached to an aromatic ring is 1. The molecule has 0 unspecified atom stereocenters.